The van der Waals surface area contributed by atoms with Crippen molar-refractivity contribution in [3.05, 3.63) is 53.1 Å². The van der Waals surface area contributed by atoms with Gasteiger partial charge in [0.05, 0.1) is 4.90 Å². The smallest absolute Gasteiger partial charge is 0.408 e. The maximum absolute atomic E-state index is 13.5. The molecule has 3 atom stereocenters. The van der Waals surface area contributed by atoms with E-state index in [2.05, 4.69) is 5.32 Å². The van der Waals surface area contributed by atoms with E-state index < -0.39 is 38.2 Å². The molecule has 1 fully saturated rings. The van der Waals surface area contributed by atoms with Crippen LogP contribution < -0.4 is 14.8 Å². The first-order valence-electron chi connectivity index (χ1n) is 9.84. The van der Waals surface area contributed by atoms with Gasteiger partial charge in [-0.25, -0.2) is 13.2 Å². The van der Waals surface area contributed by atoms with Crippen LogP contribution in [-0.4, -0.2) is 44.0 Å². The molecule has 170 valence electrons. The summed E-state index contributed by atoms with van der Waals surface area (Å²) in [6, 6.07) is 10.6. The van der Waals surface area contributed by atoms with Gasteiger partial charge in [0, 0.05) is 10.9 Å². The fourth-order valence-corrected chi connectivity index (χ4v) is 6.31. The first-order chi connectivity index (χ1) is 15.0. The molecule has 32 heavy (non-hydrogen) atoms. The number of halogens is 1. The van der Waals surface area contributed by atoms with Gasteiger partial charge in [-0.15, -0.1) is 0 Å². The lowest BCUT2D eigenvalue weighted by atomic mass is 10.1. The van der Waals surface area contributed by atoms with Crippen LogP contribution in [0.4, 0.5) is 4.79 Å². The second-order valence-corrected chi connectivity index (χ2v) is 11.2. The van der Waals surface area contributed by atoms with Gasteiger partial charge in [-0.2, -0.15) is 0 Å². The van der Waals surface area contributed by atoms with E-state index in [1.165, 1.54) is 24.3 Å². The van der Waals surface area contributed by atoms with Gasteiger partial charge >= 0.3 is 6.09 Å². The van der Waals surface area contributed by atoms with Crippen molar-refractivity contribution in [1.29, 1.82) is 0 Å². The Kier molecular flexibility index (Phi) is 5.37. The monoisotopic (exact) mass is 479 g/mol. The molecule has 1 N–H and O–H groups in total. The van der Waals surface area contributed by atoms with Gasteiger partial charge < -0.3 is 24.3 Å². The lowest BCUT2D eigenvalue weighted by Gasteiger charge is -2.22. The largest absolute Gasteiger partial charge is 0.454 e. The molecular weight excluding hydrogens is 458 g/mol. The second kappa shape index (κ2) is 7.67. The Morgan fingerprint density at radius 1 is 1.16 bits per heavy atom. The Hall–Kier alpha value is -2.78. The van der Waals surface area contributed by atoms with Crippen molar-refractivity contribution in [1.82, 2.24) is 5.32 Å². The summed E-state index contributed by atoms with van der Waals surface area (Å²) in [6.45, 7) is 5.06. The summed E-state index contributed by atoms with van der Waals surface area (Å²) in [5.74, 6) is 0.0973. The van der Waals surface area contributed by atoms with Crippen molar-refractivity contribution in [2.75, 3.05) is 6.79 Å². The SMILES string of the molecule is CC(C)(C)OC(=O)N[C@]1(C=O)[C@H](c2ccc3c(c2)OCO3)[C@@H]1S(=O)(=O)c1ccc(Cl)cc1. The van der Waals surface area contributed by atoms with Gasteiger partial charge in [-0.1, -0.05) is 17.7 Å². The molecule has 0 unspecified atom stereocenters. The van der Waals surface area contributed by atoms with Crippen molar-refractivity contribution < 1.29 is 32.2 Å². The molecule has 10 heteroatoms. The van der Waals surface area contributed by atoms with E-state index in [1.807, 2.05) is 0 Å². The summed E-state index contributed by atoms with van der Waals surface area (Å²) in [5, 5.41) is 1.65. The van der Waals surface area contributed by atoms with E-state index in [4.69, 9.17) is 25.8 Å². The number of alkyl carbamates (subject to hydrolysis) is 1. The Bertz CT molecular complexity index is 1170. The summed E-state index contributed by atoms with van der Waals surface area (Å²) in [4.78, 5) is 24.9. The quantitative estimate of drug-likeness (QED) is 0.654. The molecule has 0 saturated heterocycles. The zero-order valence-corrected chi connectivity index (χ0v) is 19.2. The molecule has 1 amide bonds. The number of benzene rings is 2. The van der Waals surface area contributed by atoms with Gasteiger partial charge in [0.1, 0.15) is 22.7 Å². The number of carbonyl (C=O) groups is 2. The standard InChI is InChI=1S/C22H22ClNO7S/c1-21(2,3)31-20(26)24-22(11-25)18(13-4-9-16-17(10-13)30-12-29-16)19(22)32(27,28)15-7-5-14(23)6-8-15/h4-11,18-19H,12H2,1-3H3,(H,24,26)/t18-,19+,22-/m1/s1. The number of sulfone groups is 1. The number of aldehydes is 1. The van der Waals surface area contributed by atoms with Crippen LogP contribution in [0.15, 0.2) is 47.4 Å². The number of rotatable bonds is 5. The average molecular weight is 480 g/mol. The molecule has 1 saturated carbocycles. The van der Waals surface area contributed by atoms with E-state index in [1.54, 1.807) is 39.0 Å². The first kappa shape index (κ1) is 22.4. The molecule has 1 heterocycles. The molecule has 0 aromatic heterocycles. The first-order valence-corrected chi connectivity index (χ1v) is 11.8. The van der Waals surface area contributed by atoms with Crippen LogP contribution in [-0.2, 0) is 19.4 Å². The highest BCUT2D eigenvalue weighted by Gasteiger charge is 2.73. The molecule has 2 aromatic carbocycles. The van der Waals surface area contributed by atoms with Crippen molar-refractivity contribution in [3.8, 4) is 11.5 Å². The zero-order chi connectivity index (χ0) is 23.3. The van der Waals surface area contributed by atoms with Crippen LogP contribution in [0.25, 0.3) is 0 Å². The van der Waals surface area contributed by atoms with Crippen molar-refractivity contribution in [2.45, 2.75) is 48.0 Å². The van der Waals surface area contributed by atoms with Crippen molar-refractivity contribution in [2.24, 2.45) is 0 Å². The fourth-order valence-electron chi connectivity index (χ4n) is 3.94. The number of carbonyl (C=O) groups excluding carboxylic acids is 2. The summed E-state index contributed by atoms with van der Waals surface area (Å²) in [7, 11) is -4.04. The van der Waals surface area contributed by atoms with Crippen molar-refractivity contribution >= 4 is 33.8 Å². The minimum atomic E-state index is -4.04. The Labute approximate surface area is 190 Å². The maximum atomic E-state index is 13.5. The topological polar surface area (TPSA) is 108 Å². The van der Waals surface area contributed by atoms with Crippen molar-refractivity contribution in [3.63, 3.8) is 0 Å². The third kappa shape index (κ3) is 3.91. The highest BCUT2D eigenvalue weighted by Crippen LogP contribution is 2.57. The van der Waals surface area contributed by atoms with Gasteiger partial charge in [0.25, 0.3) is 0 Å². The third-order valence-electron chi connectivity index (χ3n) is 5.32. The average Bonchev–Trinajstić information content (AvgIpc) is 3.13. The molecule has 2 aliphatic rings. The molecule has 1 aliphatic heterocycles. The van der Waals surface area contributed by atoms with Crippen LogP contribution in [0.5, 0.6) is 11.5 Å². The van der Waals surface area contributed by atoms with E-state index in [0.29, 0.717) is 28.4 Å². The Balaban J connectivity index is 1.76. The second-order valence-electron chi connectivity index (χ2n) is 8.69. The normalized spacial score (nSPS) is 24.0. The minimum Gasteiger partial charge on any atom is -0.454 e. The number of hydrogen-bond donors (Lipinski definition) is 1. The molecule has 1 aliphatic carbocycles. The van der Waals surface area contributed by atoms with Gasteiger partial charge in [0.2, 0.25) is 6.79 Å². The Morgan fingerprint density at radius 3 is 2.44 bits per heavy atom. The Morgan fingerprint density at radius 2 is 1.81 bits per heavy atom. The molecule has 0 spiro atoms. The van der Waals surface area contributed by atoms with E-state index in [9.17, 15) is 18.0 Å². The van der Waals surface area contributed by atoms with E-state index in [-0.39, 0.29) is 11.7 Å². The number of nitrogens with one attached hydrogen (secondary N) is 1. The summed E-state index contributed by atoms with van der Waals surface area (Å²) < 4.78 is 43.0. The van der Waals surface area contributed by atoms with Gasteiger partial charge in [-0.3, -0.25) is 0 Å². The van der Waals surface area contributed by atoms with Crippen LogP contribution in [0.3, 0.4) is 0 Å². The number of hydrogen-bond acceptors (Lipinski definition) is 7. The predicted molar refractivity (Wildman–Crippen MR) is 116 cm³/mol. The molecular formula is C22H22ClNO7S. The lowest BCUT2D eigenvalue weighted by molar-refractivity contribution is -0.110. The predicted octanol–water partition coefficient (Wildman–Crippen LogP) is 3.47. The lowest BCUT2D eigenvalue weighted by Crippen LogP contribution is -2.45. The molecule has 0 bridgehead atoms. The maximum Gasteiger partial charge on any atom is 0.408 e. The van der Waals surface area contributed by atoms with E-state index in [0.717, 1.165) is 0 Å². The van der Waals surface area contributed by atoms with E-state index >= 15 is 0 Å². The molecule has 4 rings (SSSR count). The molecule has 8 nitrogen and oxygen atoms in total. The van der Waals surface area contributed by atoms with Crippen LogP contribution in [0.1, 0.15) is 32.3 Å². The minimum absolute atomic E-state index is 0.00708. The zero-order valence-electron chi connectivity index (χ0n) is 17.6. The number of amides is 1. The van der Waals surface area contributed by atoms with Crippen LogP contribution in [0.2, 0.25) is 5.02 Å². The highest BCUT2D eigenvalue weighted by atomic mass is 35.5. The number of fused-ring (bicyclic) bond motifs is 1. The highest BCUT2D eigenvalue weighted by molar-refractivity contribution is 7.92. The summed E-state index contributed by atoms with van der Waals surface area (Å²) in [6.07, 6.45) is -0.422. The summed E-state index contributed by atoms with van der Waals surface area (Å²) in [5.41, 5.74) is -2.03. The van der Waals surface area contributed by atoms with Crippen LogP contribution in [0, 0.1) is 0 Å². The van der Waals surface area contributed by atoms with Gasteiger partial charge in [0.15, 0.2) is 21.3 Å². The molecule has 0 radical (unpaired) electrons. The fraction of sp³-hybridized carbons (Fsp3) is 0.364. The van der Waals surface area contributed by atoms with Crippen LogP contribution >= 0.6 is 11.6 Å². The van der Waals surface area contributed by atoms with Gasteiger partial charge in [-0.05, 0) is 62.7 Å². The third-order valence-corrected chi connectivity index (χ3v) is 7.84. The summed E-state index contributed by atoms with van der Waals surface area (Å²) >= 11 is 5.90. The molecule has 2 aromatic rings. The number of ether oxygens (including phenoxy) is 3.